The number of likely N-dealkylation sites (tertiary alicyclic amines) is 1. The molecule has 2 amide bonds. The van der Waals surface area contributed by atoms with Gasteiger partial charge in [-0.15, -0.1) is 0 Å². The molecule has 1 aromatic carbocycles. The molecule has 4 nitrogen and oxygen atoms in total. The third-order valence-corrected chi connectivity index (χ3v) is 4.71. The number of rotatable bonds is 4. The summed E-state index contributed by atoms with van der Waals surface area (Å²) in [5.41, 5.74) is -0.638. The lowest BCUT2D eigenvalue weighted by Crippen LogP contribution is -2.41. The minimum atomic E-state index is -2.39. The van der Waals surface area contributed by atoms with Crippen LogP contribution in [0.2, 0.25) is 5.02 Å². The second-order valence-electron chi connectivity index (χ2n) is 5.90. The number of piperidine rings is 1. The van der Waals surface area contributed by atoms with E-state index in [0.29, 0.717) is 23.6 Å². The smallest absolute Gasteiger partial charge is 0.251 e. The van der Waals surface area contributed by atoms with Gasteiger partial charge >= 0.3 is 0 Å². The molecule has 0 radical (unpaired) electrons. The number of hydrogen-bond acceptors (Lipinski definition) is 2. The van der Waals surface area contributed by atoms with E-state index in [1.54, 1.807) is 18.2 Å². The summed E-state index contributed by atoms with van der Waals surface area (Å²) in [6.07, 6.45) is -1.90. The van der Waals surface area contributed by atoms with Crippen LogP contribution in [0.4, 0.5) is 8.78 Å². The van der Waals surface area contributed by atoms with Gasteiger partial charge in [-0.05, 0) is 30.5 Å². The first kappa shape index (κ1) is 15.2. The molecule has 1 aliphatic heterocycles. The maximum Gasteiger partial charge on any atom is 0.251 e. The van der Waals surface area contributed by atoms with E-state index in [1.807, 2.05) is 0 Å². The molecule has 118 valence electrons. The van der Waals surface area contributed by atoms with Crippen molar-refractivity contribution in [2.75, 3.05) is 19.6 Å². The zero-order chi connectivity index (χ0) is 15.9. The zero-order valence-electron chi connectivity index (χ0n) is 11.7. The van der Waals surface area contributed by atoms with Crippen LogP contribution in [-0.4, -0.2) is 42.8 Å². The summed E-state index contributed by atoms with van der Waals surface area (Å²) < 4.78 is 25.9. The molecule has 2 atom stereocenters. The summed E-state index contributed by atoms with van der Waals surface area (Å²) in [5, 5.41) is 2.93. The Balaban J connectivity index is 1.52. The number of carbonyl (C=O) groups excluding carboxylic acids is 2. The van der Waals surface area contributed by atoms with Gasteiger partial charge in [0.1, 0.15) is 0 Å². The van der Waals surface area contributed by atoms with Crippen molar-refractivity contribution < 1.29 is 18.4 Å². The molecule has 2 fully saturated rings. The molecule has 0 spiro atoms. The lowest BCUT2D eigenvalue weighted by molar-refractivity contribution is -0.130. The van der Waals surface area contributed by atoms with Crippen molar-refractivity contribution in [3.63, 3.8) is 0 Å². The highest BCUT2D eigenvalue weighted by Gasteiger charge is 2.66. The molecule has 0 bridgehead atoms. The van der Waals surface area contributed by atoms with Crippen molar-refractivity contribution in [3.8, 4) is 0 Å². The van der Waals surface area contributed by atoms with Gasteiger partial charge in [0.2, 0.25) is 12.3 Å². The Hall–Kier alpha value is -1.69. The summed E-state index contributed by atoms with van der Waals surface area (Å²) in [6, 6.07) is 6.37. The molecule has 1 saturated carbocycles. The van der Waals surface area contributed by atoms with Crippen LogP contribution in [0.3, 0.4) is 0 Å². The Bertz CT molecular complexity index is 625. The Morgan fingerprint density at radius 1 is 1.45 bits per heavy atom. The van der Waals surface area contributed by atoms with E-state index >= 15 is 0 Å². The number of nitrogens with one attached hydrogen (secondary N) is 1. The predicted molar refractivity (Wildman–Crippen MR) is 76.9 cm³/mol. The number of nitrogens with zero attached hydrogens (tertiary/aromatic N) is 1. The number of fused-ring (bicyclic) bond motifs is 1. The minimum absolute atomic E-state index is 0.0845. The second kappa shape index (κ2) is 5.50. The van der Waals surface area contributed by atoms with Crippen LogP contribution in [-0.2, 0) is 4.79 Å². The molecule has 1 aliphatic carbocycles. The molecule has 2 aliphatic rings. The van der Waals surface area contributed by atoms with Gasteiger partial charge < -0.3 is 10.2 Å². The third kappa shape index (κ3) is 2.67. The molecule has 1 aromatic rings. The molecule has 1 N–H and O–H groups in total. The zero-order valence-corrected chi connectivity index (χ0v) is 12.4. The highest BCUT2D eigenvalue weighted by atomic mass is 35.5. The summed E-state index contributed by atoms with van der Waals surface area (Å²) >= 11 is 5.79. The van der Waals surface area contributed by atoms with E-state index in [9.17, 15) is 18.4 Å². The average Bonchev–Trinajstić information content (AvgIpc) is 3.07. The molecule has 1 heterocycles. The first-order valence-corrected chi connectivity index (χ1v) is 7.40. The van der Waals surface area contributed by atoms with Gasteiger partial charge in [-0.2, -0.15) is 0 Å². The molecule has 1 saturated heterocycles. The summed E-state index contributed by atoms with van der Waals surface area (Å²) in [4.78, 5) is 25.3. The normalized spacial score (nSPS) is 26.0. The highest BCUT2D eigenvalue weighted by molar-refractivity contribution is 6.30. The molecule has 3 rings (SSSR count). The standard InChI is InChI=1S/C15H15ClF2N2O2/c16-11-3-1-2-9(4-11)13(22)19-6-12(21)20-7-10-5-15(10,8-20)14(17)18/h1-4,10,14H,5-8H2,(H,19,22). The van der Waals surface area contributed by atoms with E-state index in [4.69, 9.17) is 11.6 Å². The van der Waals surface area contributed by atoms with Gasteiger partial charge in [0.05, 0.1) is 12.0 Å². The van der Waals surface area contributed by atoms with Crippen LogP contribution in [0.25, 0.3) is 0 Å². The van der Waals surface area contributed by atoms with Crippen LogP contribution in [0.5, 0.6) is 0 Å². The van der Waals surface area contributed by atoms with Gasteiger partial charge in [-0.3, -0.25) is 9.59 Å². The average molecular weight is 329 g/mol. The summed E-state index contributed by atoms with van der Waals surface area (Å²) in [5.74, 6) is -0.841. The number of amides is 2. The van der Waals surface area contributed by atoms with Crippen molar-refractivity contribution >= 4 is 23.4 Å². The molecule has 0 aromatic heterocycles. The Labute approximate surface area is 131 Å². The largest absolute Gasteiger partial charge is 0.343 e. The predicted octanol–water partition coefficient (Wildman–Crippen LogP) is 2.18. The Morgan fingerprint density at radius 3 is 2.86 bits per heavy atom. The maximum absolute atomic E-state index is 13.0. The third-order valence-electron chi connectivity index (χ3n) is 4.48. The topological polar surface area (TPSA) is 49.4 Å². The van der Waals surface area contributed by atoms with E-state index in [1.165, 1.54) is 11.0 Å². The van der Waals surface area contributed by atoms with E-state index in [-0.39, 0.29) is 24.9 Å². The molecule has 22 heavy (non-hydrogen) atoms. The second-order valence-corrected chi connectivity index (χ2v) is 6.34. The summed E-state index contributed by atoms with van der Waals surface area (Å²) in [6.45, 7) is 0.245. The van der Waals surface area contributed by atoms with Crippen LogP contribution in [0, 0.1) is 11.3 Å². The van der Waals surface area contributed by atoms with Crippen LogP contribution >= 0.6 is 11.6 Å². The van der Waals surface area contributed by atoms with Crippen LogP contribution in [0.1, 0.15) is 16.8 Å². The van der Waals surface area contributed by atoms with E-state index in [0.717, 1.165) is 0 Å². The number of alkyl halides is 2. The van der Waals surface area contributed by atoms with Crippen molar-refractivity contribution in [1.82, 2.24) is 10.2 Å². The molecular formula is C15H15ClF2N2O2. The first-order valence-electron chi connectivity index (χ1n) is 7.02. The molecule has 2 unspecified atom stereocenters. The van der Waals surface area contributed by atoms with Crippen molar-refractivity contribution in [2.45, 2.75) is 12.8 Å². The van der Waals surface area contributed by atoms with Crippen molar-refractivity contribution in [1.29, 1.82) is 0 Å². The van der Waals surface area contributed by atoms with E-state index in [2.05, 4.69) is 5.32 Å². The fourth-order valence-electron chi connectivity index (χ4n) is 3.05. The fourth-order valence-corrected chi connectivity index (χ4v) is 3.24. The van der Waals surface area contributed by atoms with Gasteiger partial charge in [0.15, 0.2) is 0 Å². The monoisotopic (exact) mass is 328 g/mol. The van der Waals surface area contributed by atoms with Gasteiger partial charge in [-0.1, -0.05) is 17.7 Å². The minimum Gasteiger partial charge on any atom is -0.343 e. The van der Waals surface area contributed by atoms with Gasteiger partial charge in [0, 0.05) is 23.7 Å². The lowest BCUT2D eigenvalue weighted by Gasteiger charge is -2.21. The van der Waals surface area contributed by atoms with Crippen molar-refractivity contribution in [2.24, 2.45) is 11.3 Å². The molecular weight excluding hydrogens is 314 g/mol. The first-order chi connectivity index (χ1) is 10.4. The highest BCUT2D eigenvalue weighted by Crippen LogP contribution is 2.61. The maximum atomic E-state index is 13.0. The lowest BCUT2D eigenvalue weighted by atomic mass is 10.1. The SMILES string of the molecule is O=C(NCC(=O)N1CC2CC2(C(F)F)C1)c1cccc(Cl)c1. The quantitative estimate of drug-likeness (QED) is 0.921. The van der Waals surface area contributed by atoms with Crippen LogP contribution in [0.15, 0.2) is 24.3 Å². The number of carbonyl (C=O) groups is 2. The number of benzene rings is 1. The number of hydrogen-bond donors (Lipinski definition) is 1. The molecule has 7 heteroatoms. The summed E-state index contributed by atoms with van der Waals surface area (Å²) in [7, 11) is 0. The Kier molecular flexibility index (Phi) is 3.80. The van der Waals surface area contributed by atoms with Gasteiger partial charge in [0.25, 0.3) is 5.91 Å². The van der Waals surface area contributed by atoms with Crippen molar-refractivity contribution in [3.05, 3.63) is 34.9 Å². The van der Waals surface area contributed by atoms with E-state index < -0.39 is 17.7 Å². The van der Waals surface area contributed by atoms with Crippen LogP contribution < -0.4 is 5.32 Å². The number of halogens is 3. The fraction of sp³-hybridized carbons (Fsp3) is 0.467. The van der Waals surface area contributed by atoms with Gasteiger partial charge in [-0.25, -0.2) is 8.78 Å². The Morgan fingerprint density at radius 2 is 2.23 bits per heavy atom.